The van der Waals surface area contributed by atoms with Gasteiger partial charge in [0.15, 0.2) is 0 Å². The fourth-order valence-corrected chi connectivity index (χ4v) is 3.19. The van der Waals surface area contributed by atoms with E-state index < -0.39 is 11.6 Å². The second-order valence-electron chi connectivity index (χ2n) is 8.56. The molecule has 0 aliphatic carbocycles. The molecule has 0 bridgehead atoms. The Bertz CT molecular complexity index is 793. The second kappa shape index (κ2) is 10.9. The molecule has 2 rings (SSSR count). The zero-order valence-electron chi connectivity index (χ0n) is 18.4. The first-order valence-electron chi connectivity index (χ1n) is 10.3. The van der Waals surface area contributed by atoms with E-state index in [-0.39, 0.29) is 36.9 Å². The van der Waals surface area contributed by atoms with Crippen LogP contribution in [0.1, 0.15) is 49.5 Å². The first-order chi connectivity index (χ1) is 14.5. The molecule has 1 aromatic rings. The van der Waals surface area contributed by atoms with Crippen molar-refractivity contribution in [1.29, 1.82) is 5.41 Å². The summed E-state index contributed by atoms with van der Waals surface area (Å²) in [5.74, 6) is -0.838. The number of amides is 2. The Labute approximate surface area is 182 Å². The quantitative estimate of drug-likeness (QED) is 0.321. The maximum absolute atomic E-state index is 12.4. The average molecular weight is 433 g/mol. The molecule has 4 N–H and O–H groups in total. The van der Waals surface area contributed by atoms with Gasteiger partial charge in [0.1, 0.15) is 12.2 Å². The van der Waals surface area contributed by atoms with Crippen molar-refractivity contribution < 1.29 is 23.9 Å². The Balaban J connectivity index is 1.70. The number of piperidine rings is 1. The average Bonchev–Trinajstić information content (AvgIpc) is 2.69. The van der Waals surface area contributed by atoms with E-state index in [1.165, 1.54) is 0 Å². The maximum Gasteiger partial charge on any atom is 0.332 e. The van der Waals surface area contributed by atoms with Crippen LogP contribution in [0.4, 0.5) is 0 Å². The standard InChI is InChI=1S/C22H32N4O5/c1-22(2,3)31-20(28)14-30-17-8-10-26(11-9-17)19(27)13-25-21(29)16-6-4-15(5-7-16)12-18(23)24/h4-7,17H,8-14H2,1-3H3,(H3,23,24)(H,25,29). The number of nitrogens with two attached hydrogens (primary N) is 1. The molecule has 0 radical (unpaired) electrons. The Kier molecular flexibility index (Phi) is 8.56. The van der Waals surface area contributed by atoms with Gasteiger partial charge in [-0.2, -0.15) is 0 Å². The van der Waals surface area contributed by atoms with Gasteiger partial charge in [-0.05, 0) is 51.3 Å². The van der Waals surface area contributed by atoms with Crippen molar-refractivity contribution in [3.8, 4) is 0 Å². The lowest BCUT2D eigenvalue weighted by Crippen LogP contribution is -2.45. The third-order valence-electron chi connectivity index (χ3n) is 4.66. The summed E-state index contributed by atoms with van der Waals surface area (Å²) in [4.78, 5) is 38.1. The summed E-state index contributed by atoms with van der Waals surface area (Å²) in [6.07, 6.45) is 1.48. The summed E-state index contributed by atoms with van der Waals surface area (Å²) in [6.45, 7) is 6.24. The highest BCUT2D eigenvalue weighted by molar-refractivity contribution is 5.96. The van der Waals surface area contributed by atoms with Crippen LogP contribution in [-0.2, 0) is 25.5 Å². The molecule has 0 aromatic heterocycles. The molecule has 9 nitrogen and oxygen atoms in total. The molecule has 1 aliphatic rings. The monoisotopic (exact) mass is 432 g/mol. The molecule has 9 heteroatoms. The smallest absolute Gasteiger partial charge is 0.332 e. The first kappa shape index (κ1) is 24.3. The van der Waals surface area contributed by atoms with Crippen LogP contribution in [0.15, 0.2) is 24.3 Å². The van der Waals surface area contributed by atoms with E-state index in [9.17, 15) is 14.4 Å². The van der Waals surface area contributed by atoms with Crippen molar-refractivity contribution >= 4 is 23.6 Å². The topological polar surface area (TPSA) is 135 Å². The summed E-state index contributed by atoms with van der Waals surface area (Å²) in [7, 11) is 0. The number of ether oxygens (including phenoxy) is 2. The fraction of sp³-hybridized carbons (Fsp3) is 0.545. The lowest BCUT2D eigenvalue weighted by Gasteiger charge is -2.32. The molecule has 0 unspecified atom stereocenters. The van der Waals surface area contributed by atoms with Crippen molar-refractivity contribution in [1.82, 2.24) is 10.2 Å². The number of nitrogens with zero attached hydrogens (tertiary/aromatic N) is 1. The summed E-state index contributed by atoms with van der Waals surface area (Å²) >= 11 is 0. The SMILES string of the molecule is CC(C)(C)OC(=O)COC1CCN(C(=O)CNC(=O)c2ccc(CC(=N)N)cc2)CC1. The number of carbonyl (C=O) groups is 3. The number of hydrogen-bond donors (Lipinski definition) is 3. The van der Waals surface area contributed by atoms with Crippen LogP contribution in [-0.4, -0.2) is 66.5 Å². The number of likely N-dealkylation sites (tertiary alicyclic amines) is 1. The van der Waals surface area contributed by atoms with Gasteiger partial charge in [0.25, 0.3) is 5.91 Å². The minimum absolute atomic E-state index is 0.0572. The summed E-state index contributed by atoms with van der Waals surface area (Å²) in [5, 5.41) is 9.93. The van der Waals surface area contributed by atoms with Crippen molar-refractivity contribution in [3.05, 3.63) is 35.4 Å². The maximum atomic E-state index is 12.4. The van der Waals surface area contributed by atoms with Gasteiger partial charge < -0.3 is 25.4 Å². The van der Waals surface area contributed by atoms with Crippen LogP contribution in [0.25, 0.3) is 0 Å². The normalized spacial score (nSPS) is 14.7. The highest BCUT2D eigenvalue weighted by Crippen LogP contribution is 2.15. The molecule has 1 fully saturated rings. The van der Waals surface area contributed by atoms with Crippen LogP contribution in [0.5, 0.6) is 0 Å². The molecule has 31 heavy (non-hydrogen) atoms. The van der Waals surface area contributed by atoms with Gasteiger partial charge in [-0.3, -0.25) is 15.0 Å². The zero-order valence-corrected chi connectivity index (χ0v) is 18.4. The van der Waals surface area contributed by atoms with Crippen LogP contribution in [0.2, 0.25) is 0 Å². The molecule has 170 valence electrons. The molecule has 2 amide bonds. The molecule has 0 saturated carbocycles. The Morgan fingerprint density at radius 2 is 1.77 bits per heavy atom. The lowest BCUT2D eigenvalue weighted by molar-refractivity contribution is -0.163. The summed E-state index contributed by atoms with van der Waals surface area (Å²) in [6, 6.07) is 6.76. The number of rotatable bonds is 8. The highest BCUT2D eigenvalue weighted by Gasteiger charge is 2.25. The van der Waals surface area contributed by atoms with Crippen LogP contribution < -0.4 is 11.1 Å². The van der Waals surface area contributed by atoms with E-state index >= 15 is 0 Å². The molecular weight excluding hydrogens is 400 g/mol. The van der Waals surface area contributed by atoms with E-state index in [4.69, 9.17) is 20.6 Å². The minimum Gasteiger partial charge on any atom is -0.458 e. The number of amidine groups is 1. The zero-order chi connectivity index (χ0) is 23.0. The molecule has 1 saturated heterocycles. The first-order valence-corrected chi connectivity index (χ1v) is 10.3. The second-order valence-corrected chi connectivity index (χ2v) is 8.56. The molecule has 0 atom stereocenters. The van der Waals surface area contributed by atoms with E-state index in [1.807, 2.05) is 0 Å². The third-order valence-corrected chi connectivity index (χ3v) is 4.66. The van der Waals surface area contributed by atoms with Crippen LogP contribution >= 0.6 is 0 Å². The van der Waals surface area contributed by atoms with Gasteiger partial charge in [0.2, 0.25) is 5.91 Å². The lowest BCUT2D eigenvalue weighted by atomic mass is 10.1. The van der Waals surface area contributed by atoms with Gasteiger partial charge in [0, 0.05) is 25.1 Å². The highest BCUT2D eigenvalue weighted by atomic mass is 16.6. The van der Waals surface area contributed by atoms with Gasteiger partial charge in [-0.1, -0.05) is 12.1 Å². The number of hydrogen-bond acceptors (Lipinski definition) is 6. The van der Waals surface area contributed by atoms with E-state index in [1.54, 1.807) is 49.9 Å². The van der Waals surface area contributed by atoms with E-state index in [0.29, 0.717) is 37.9 Å². The number of benzene rings is 1. The molecular formula is C22H32N4O5. The number of nitrogens with one attached hydrogen (secondary N) is 2. The molecule has 0 spiro atoms. The fourth-order valence-electron chi connectivity index (χ4n) is 3.19. The van der Waals surface area contributed by atoms with Crippen molar-refractivity contribution in [2.24, 2.45) is 5.73 Å². The number of carbonyl (C=O) groups excluding carboxylic acids is 3. The number of esters is 1. The van der Waals surface area contributed by atoms with E-state index in [0.717, 1.165) is 5.56 Å². The van der Waals surface area contributed by atoms with E-state index in [2.05, 4.69) is 5.32 Å². The summed E-state index contributed by atoms with van der Waals surface area (Å²) in [5.41, 5.74) is 6.11. The Morgan fingerprint density at radius 1 is 1.16 bits per heavy atom. The van der Waals surface area contributed by atoms with Crippen molar-refractivity contribution in [2.75, 3.05) is 26.2 Å². The molecule has 1 aromatic carbocycles. The largest absolute Gasteiger partial charge is 0.458 e. The third kappa shape index (κ3) is 8.75. The van der Waals surface area contributed by atoms with Gasteiger partial charge in [-0.25, -0.2) is 4.79 Å². The Hall–Kier alpha value is -2.94. The van der Waals surface area contributed by atoms with Crippen LogP contribution in [0, 0.1) is 5.41 Å². The summed E-state index contributed by atoms with van der Waals surface area (Å²) < 4.78 is 10.8. The van der Waals surface area contributed by atoms with Crippen molar-refractivity contribution in [2.45, 2.75) is 51.7 Å². The van der Waals surface area contributed by atoms with Gasteiger partial charge in [0.05, 0.1) is 18.5 Å². The van der Waals surface area contributed by atoms with Gasteiger partial charge in [-0.15, -0.1) is 0 Å². The molecule has 1 aliphatic heterocycles. The Morgan fingerprint density at radius 3 is 2.32 bits per heavy atom. The van der Waals surface area contributed by atoms with Crippen LogP contribution in [0.3, 0.4) is 0 Å². The van der Waals surface area contributed by atoms with Crippen molar-refractivity contribution in [3.63, 3.8) is 0 Å². The minimum atomic E-state index is -0.544. The predicted octanol–water partition coefficient (Wildman–Crippen LogP) is 1.24. The van der Waals surface area contributed by atoms with Gasteiger partial charge >= 0.3 is 5.97 Å². The predicted molar refractivity (Wildman–Crippen MR) is 116 cm³/mol. The molecule has 1 heterocycles.